The van der Waals surface area contributed by atoms with Gasteiger partial charge in [0, 0.05) is 41.1 Å². The molecule has 0 bridgehead atoms. The molecule has 0 spiro atoms. The van der Waals surface area contributed by atoms with Crippen molar-refractivity contribution in [3.63, 3.8) is 0 Å². The van der Waals surface area contributed by atoms with Crippen LogP contribution in [0.1, 0.15) is 18.4 Å². The van der Waals surface area contributed by atoms with Gasteiger partial charge in [-0.25, -0.2) is 4.98 Å². The molecule has 25 heavy (non-hydrogen) atoms. The van der Waals surface area contributed by atoms with Crippen LogP contribution in [0.25, 0.3) is 10.9 Å². The summed E-state index contributed by atoms with van der Waals surface area (Å²) in [7, 11) is 0. The van der Waals surface area contributed by atoms with Gasteiger partial charge in [0.15, 0.2) is 0 Å². The van der Waals surface area contributed by atoms with E-state index < -0.39 is 4.92 Å². The van der Waals surface area contributed by atoms with Crippen LogP contribution in [0.5, 0.6) is 0 Å². The lowest BCUT2D eigenvalue weighted by Crippen LogP contribution is -2.23. The van der Waals surface area contributed by atoms with Crippen LogP contribution < -0.4 is 10.6 Å². The molecule has 1 aliphatic heterocycles. The molecule has 7 heteroatoms. The highest BCUT2D eigenvalue weighted by molar-refractivity contribution is 5.87. The summed E-state index contributed by atoms with van der Waals surface area (Å²) in [5, 5.41) is 18.9. The number of pyridine rings is 1. The van der Waals surface area contributed by atoms with Crippen molar-refractivity contribution >= 4 is 28.1 Å². The molecule has 0 aliphatic carbocycles. The van der Waals surface area contributed by atoms with Gasteiger partial charge in [-0.05, 0) is 55.6 Å². The SMILES string of the molecule is O=[N+]([O-])c1cccnc1Nc1ccc2[nH]cc(C[C@H]3CCCN3)c2c1. The number of benzene rings is 1. The highest BCUT2D eigenvalue weighted by atomic mass is 16.6. The van der Waals surface area contributed by atoms with E-state index in [2.05, 4.69) is 26.8 Å². The van der Waals surface area contributed by atoms with Gasteiger partial charge in [0.25, 0.3) is 0 Å². The lowest BCUT2D eigenvalue weighted by atomic mass is 10.0. The van der Waals surface area contributed by atoms with E-state index in [-0.39, 0.29) is 11.5 Å². The minimum Gasteiger partial charge on any atom is -0.361 e. The normalized spacial score (nSPS) is 17.0. The van der Waals surface area contributed by atoms with Gasteiger partial charge in [0.05, 0.1) is 4.92 Å². The molecule has 4 rings (SSSR count). The van der Waals surface area contributed by atoms with E-state index in [4.69, 9.17) is 0 Å². The molecule has 3 heterocycles. The minimum atomic E-state index is -0.429. The maximum Gasteiger partial charge on any atom is 0.311 e. The summed E-state index contributed by atoms with van der Waals surface area (Å²) >= 11 is 0. The first-order valence-electron chi connectivity index (χ1n) is 8.40. The van der Waals surface area contributed by atoms with Crippen LogP contribution in [0.3, 0.4) is 0 Å². The molecule has 1 atom stereocenters. The number of anilines is 2. The molecule has 2 aromatic heterocycles. The number of rotatable bonds is 5. The third kappa shape index (κ3) is 3.18. The van der Waals surface area contributed by atoms with Crippen LogP contribution in [-0.2, 0) is 6.42 Å². The highest BCUT2D eigenvalue weighted by Gasteiger charge is 2.17. The van der Waals surface area contributed by atoms with Crippen molar-refractivity contribution in [1.29, 1.82) is 0 Å². The summed E-state index contributed by atoms with van der Waals surface area (Å²) in [6.07, 6.45) is 7.00. The zero-order chi connectivity index (χ0) is 17.2. The molecule has 0 unspecified atom stereocenters. The lowest BCUT2D eigenvalue weighted by Gasteiger charge is -2.10. The maximum absolute atomic E-state index is 11.1. The molecular formula is C18H19N5O2. The second-order valence-corrected chi connectivity index (χ2v) is 6.32. The topological polar surface area (TPSA) is 95.9 Å². The number of nitrogens with one attached hydrogen (secondary N) is 3. The summed E-state index contributed by atoms with van der Waals surface area (Å²) < 4.78 is 0. The summed E-state index contributed by atoms with van der Waals surface area (Å²) in [6.45, 7) is 1.09. The van der Waals surface area contributed by atoms with E-state index in [0.717, 1.165) is 29.6 Å². The summed E-state index contributed by atoms with van der Waals surface area (Å²) in [6, 6.07) is 9.43. The fourth-order valence-electron chi connectivity index (χ4n) is 3.40. The van der Waals surface area contributed by atoms with Gasteiger partial charge in [-0.15, -0.1) is 0 Å². The smallest absolute Gasteiger partial charge is 0.311 e. The van der Waals surface area contributed by atoms with Gasteiger partial charge in [-0.2, -0.15) is 0 Å². The molecule has 3 N–H and O–H groups in total. The average Bonchev–Trinajstić information content (AvgIpc) is 3.26. The quantitative estimate of drug-likeness (QED) is 0.489. The van der Waals surface area contributed by atoms with Crippen LogP contribution in [0.4, 0.5) is 17.2 Å². The van der Waals surface area contributed by atoms with Crippen molar-refractivity contribution in [1.82, 2.24) is 15.3 Å². The Kier molecular flexibility index (Phi) is 4.07. The van der Waals surface area contributed by atoms with Gasteiger partial charge < -0.3 is 15.6 Å². The van der Waals surface area contributed by atoms with E-state index in [9.17, 15) is 10.1 Å². The fourth-order valence-corrected chi connectivity index (χ4v) is 3.40. The number of aromatic amines is 1. The molecule has 128 valence electrons. The van der Waals surface area contributed by atoms with Crippen molar-refractivity contribution in [2.75, 3.05) is 11.9 Å². The molecule has 1 fully saturated rings. The Labute approximate surface area is 144 Å². The van der Waals surface area contributed by atoms with Crippen LogP contribution in [-0.4, -0.2) is 27.5 Å². The van der Waals surface area contributed by atoms with E-state index >= 15 is 0 Å². The first kappa shape index (κ1) is 15.6. The molecule has 1 aliphatic rings. The van der Waals surface area contributed by atoms with Gasteiger partial charge in [0.2, 0.25) is 5.82 Å². The number of aromatic nitrogens is 2. The molecule has 3 aromatic rings. The Morgan fingerprint density at radius 2 is 2.28 bits per heavy atom. The second-order valence-electron chi connectivity index (χ2n) is 6.32. The highest BCUT2D eigenvalue weighted by Crippen LogP contribution is 2.28. The standard InChI is InChI=1S/C18H19N5O2/c24-23(25)17-4-2-8-20-18(17)22-14-5-6-16-15(10-14)12(11-21-16)9-13-3-1-7-19-13/h2,4-6,8,10-11,13,19,21H,1,3,7,9H2,(H,20,22)/t13-/m1/s1. The van der Waals surface area contributed by atoms with Crippen molar-refractivity contribution < 1.29 is 4.92 Å². The third-order valence-corrected chi connectivity index (χ3v) is 4.64. The van der Waals surface area contributed by atoms with Gasteiger partial charge in [-0.1, -0.05) is 0 Å². The largest absolute Gasteiger partial charge is 0.361 e. The zero-order valence-corrected chi connectivity index (χ0v) is 13.7. The minimum absolute atomic E-state index is 0.0351. The lowest BCUT2D eigenvalue weighted by molar-refractivity contribution is -0.384. The number of fused-ring (bicyclic) bond motifs is 1. The Morgan fingerprint density at radius 1 is 1.36 bits per heavy atom. The Bertz CT molecular complexity index is 915. The van der Waals surface area contributed by atoms with Gasteiger partial charge in [-0.3, -0.25) is 10.1 Å². The number of nitrogens with zero attached hydrogens (tertiary/aromatic N) is 2. The molecule has 1 aromatic carbocycles. The van der Waals surface area contributed by atoms with Crippen molar-refractivity contribution in [3.05, 3.63) is 58.4 Å². The Morgan fingerprint density at radius 3 is 3.08 bits per heavy atom. The molecule has 0 radical (unpaired) electrons. The summed E-state index contributed by atoms with van der Waals surface area (Å²) in [5.41, 5.74) is 3.07. The molecule has 0 amide bonds. The molecule has 1 saturated heterocycles. The number of hydrogen-bond donors (Lipinski definition) is 3. The van der Waals surface area contributed by atoms with Crippen LogP contribution in [0.15, 0.2) is 42.7 Å². The monoisotopic (exact) mass is 337 g/mol. The second kappa shape index (κ2) is 6.52. The van der Waals surface area contributed by atoms with Crippen LogP contribution >= 0.6 is 0 Å². The van der Waals surface area contributed by atoms with Gasteiger partial charge in [0.1, 0.15) is 0 Å². The summed E-state index contributed by atoms with van der Waals surface area (Å²) in [4.78, 5) is 18.1. The van der Waals surface area contributed by atoms with Crippen LogP contribution in [0, 0.1) is 10.1 Å². The van der Waals surface area contributed by atoms with E-state index in [1.165, 1.54) is 24.5 Å². The first-order chi connectivity index (χ1) is 12.2. The van der Waals surface area contributed by atoms with E-state index in [1.54, 1.807) is 12.3 Å². The molecular weight excluding hydrogens is 318 g/mol. The Balaban J connectivity index is 1.63. The fraction of sp³-hybridized carbons (Fsp3) is 0.278. The number of hydrogen-bond acceptors (Lipinski definition) is 5. The maximum atomic E-state index is 11.1. The predicted molar refractivity (Wildman–Crippen MR) is 97.2 cm³/mol. The Hall–Kier alpha value is -2.93. The molecule has 0 saturated carbocycles. The van der Waals surface area contributed by atoms with Crippen molar-refractivity contribution in [2.45, 2.75) is 25.3 Å². The molecule has 7 nitrogen and oxygen atoms in total. The average molecular weight is 337 g/mol. The van der Waals surface area contributed by atoms with Crippen LogP contribution in [0.2, 0.25) is 0 Å². The van der Waals surface area contributed by atoms with E-state index in [0.29, 0.717) is 6.04 Å². The number of H-pyrrole nitrogens is 1. The van der Waals surface area contributed by atoms with Crippen molar-refractivity contribution in [2.24, 2.45) is 0 Å². The van der Waals surface area contributed by atoms with Crippen molar-refractivity contribution in [3.8, 4) is 0 Å². The third-order valence-electron chi connectivity index (χ3n) is 4.64. The van der Waals surface area contributed by atoms with E-state index in [1.807, 2.05) is 18.2 Å². The number of nitro groups is 1. The summed E-state index contributed by atoms with van der Waals surface area (Å²) in [5.74, 6) is 0.251. The first-order valence-corrected chi connectivity index (χ1v) is 8.40. The zero-order valence-electron chi connectivity index (χ0n) is 13.7. The van der Waals surface area contributed by atoms with Gasteiger partial charge >= 0.3 is 5.69 Å². The predicted octanol–water partition coefficient (Wildman–Crippen LogP) is 3.51.